The van der Waals surface area contributed by atoms with Gasteiger partial charge in [0.15, 0.2) is 0 Å². The summed E-state index contributed by atoms with van der Waals surface area (Å²) in [5.74, 6) is -1.65. The molecule has 3 N–H and O–H groups in total. The van der Waals surface area contributed by atoms with Gasteiger partial charge in [-0.3, -0.25) is 4.79 Å². The lowest BCUT2D eigenvalue weighted by atomic mass is 10.1. The van der Waals surface area contributed by atoms with E-state index in [9.17, 15) is 14.4 Å². The van der Waals surface area contributed by atoms with Gasteiger partial charge in [-0.05, 0) is 24.6 Å². The van der Waals surface area contributed by atoms with Crippen LogP contribution in [0.1, 0.15) is 15.9 Å². The molecule has 0 aliphatic rings. The number of carboxylic acid groups (broad SMARTS) is 1. The SMILES string of the molecule is COC(=O)CNC(=O)Nc1cccc(C(=O)O)c1C. The monoisotopic (exact) mass is 266 g/mol. The first-order valence-corrected chi connectivity index (χ1v) is 5.40. The van der Waals surface area contributed by atoms with E-state index in [1.165, 1.54) is 19.2 Å². The molecule has 0 atom stereocenters. The Hall–Kier alpha value is -2.57. The van der Waals surface area contributed by atoms with Gasteiger partial charge < -0.3 is 20.5 Å². The third kappa shape index (κ3) is 3.98. The molecule has 7 nitrogen and oxygen atoms in total. The molecule has 0 saturated heterocycles. The summed E-state index contributed by atoms with van der Waals surface area (Å²) in [5, 5.41) is 13.7. The highest BCUT2D eigenvalue weighted by molar-refractivity contribution is 5.96. The number of aromatic carboxylic acids is 1. The maximum Gasteiger partial charge on any atom is 0.336 e. The van der Waals surface area contributed by atoms with Gasteiger partial charge in [-0.1, -0.05) is 6.07 Å². The predicted octanol–water partition coefficient (Wildman–Crippen LogP) is 0.988. The molecule has 0 bridgehead atoms. The Morgan fingerprint density at radius 3 is 2.58 bits per heavy atom. The molecule has 1 aromatic carbocycles. The number of anilines is 1. The van der Waals surface area contributed by atoms with Crippen LogP contribution in [0.4, 0.5) is 10.5 Å². The van der Waals surface area contributed by atoms with Gasteiger partial charge in [0.25, 0.3) is 0 Å². The van der Waals surface area contributed by atoms with Crippen LogP contribution in [0.25, 0.3) is 0 Å². The normalized spacial score (nSPS) is 9.58. The second kappa shape index (κ2) is 6.39. The van der Waals surface area contributed by atoms with E-state index in [4.69, 9.17) is 5.11 Å². The van der Waals surface area contributed by atoms with E-state index in [0.717, 1.165) is 0 Å². The van der Waals surface area contributed by atoms with Crippen molar-refractivity contribution in [2.45, 2.75) is 6.92 Å². The number of hydrogen-bond donors (Lipinski definition) is 3. The van der Waals surface area contributed by atoms with Crippen molar-refractivity contribution < 1.29 is 24.2 Å². The molecule has 0 aromatic heterocycles. The highest BCUT2D eigenvalue weighted by Gasteiger charge is 2.12. The number of nitrogens with one attached hydrogen (secondary N) is 2. The van der Waals surface area contributed by atoms with Crippen LogP contribution in [0.3, 0.4) is 0 Å². The number of carbonyl (C=O) groups excluding carboxylic acids is 2. The molecule has 102 valence electrons. The molecular weight excluding hydrogens is 252 g/mol. The number of hydrogen-bond acceptors (Lipinski definition) is 4. The van der Waals surface area contributed by atoms with E-state index in [1.54, 1.807) is 13.0 Å². The number of rotatable bonds is 4. The predicted molar refractivity (Wildman–Crippen MR) is 67.2 cm³/mol. The van der Waals surface area contributed by atoms with Crippen molar-refractivity contribution in [2.24, 2.45) is 0 Å². The van der Waals surface area contributed by atoms with E-state index in [1.807, 2.05) is 0 Å². The van der Waals surface area contributed by atoms with Crippen LogP contribution in [-0.2, 0) is 9.53 Å². The van der Waals surface area contributed by atoms with Gasteiger partial charge in [0.2, 0.25) is 0 Å². The summed E-state index contributed by atoms with van der Waals surface area (Å²) in [5.41, 5.74) is 0.899. The number of urea groups is 1. The Morgan fingerprint density at radius 1 is 1.32 bits per heavy atom. The molecule has 0 spiro atoms. The zero-order chi connectivity index (χ0) is 14.4. The van der Waals surface area contributed by atoms with Crippen LogP contribution in [0.15, 0.2) is 18.2 Å². The number of methoxy groups -OCH3 is 1. The number of ether oxygens (including phenoxy) is 1. The first-order valence-electron chi connectivity index (χ1n) is 5.40. The molecule has 0 saturated carbocycles. The average Bonchev–Trinajstić information content (AvgIpc) is 2.38. The third-order valence-electron chi connectivity index (χ3n) is 2.43. The lowest BCUT2D eigenvalue weighted by Gasteiger charge is -2.10. The fraction of sp³-hybridized carbons (Fsp3) is 0.250. The fourth-order valence-corrected chi connectivity index (χ4v) is 1.39. The Kier molecular flexibility index (Phi) is 4.87. The van der Waals surface area contributed by atoms with Gasteiger partial charge in [0.05, 0.1) is 12.7 Å². The van der Waals surface area contributed by atoms with Crippen molar-refractivity contribution in [3.63, 3.8) is 0 Å². The summed E-state index contributed by atoms with van der Waals surface area (Å²) in [4.78, 5) is 33.2. The van der Waals surface area contributed by atoms with Crippen LogP contribution in [-0.4, -0.2) is 36.7 Å². The molecule has 1 rings (SSSR count). The summed E-state index contributed by atoms with van der Waals surface area (Å²) >= 11 is 0. The summed E-state index contributed by atoms with van der Waals surface area (Å²) in [7, 11) is 1.21. The number of carboxylic acids is 1. The van der Waals surface area contributed by atoms with Gasteiger partial charge in [-0.25, -0.2) is 9.59 Å². The van der Waals surface area contributed by atoms with Crippen LogP contribution in [0.2, 0.25) is 0 Å². The summed E-state index contributed by atoms with van der Waals surface area (Å²) in [6.45, 7) is 1.32. The van der Waals surface area contributed by atoms with Gasteiger partial charge in [-0.2, -0.15) is 0 Å². The number of benzene rings is 1. The van der Waals surface area contributed by atoms with Crippen LogP contribution in [0.5, 0.6) is 0 Å². The molecule has 0 aliphatic carbocycles. The zero-order valence-corrected chi connectivity index (χ0v) is 10.5. The van der Waals surface area contributed by atoms with E-state index in [2.05, 4.69) is 15.4 Å². The lowest BCUT2D eigenvalue weighted by Crippen LogP contribution is -2.34. The van der Waals surface area contributed by atoms with E-state index < -0.39 is 18.0 Å². The number of esters is 1. The summed E-state index contributed by atoms with van der Waals surface area (Å²) < 4.78 is 4.37. The standard InChI is InChI=1S/C12H14N2O5/c1-7-8(11(16)17)4-3-5-9(7)14-12(18)13-6-10(15)19-2/h3-5H,6H2,1-2H3,(H,16,17)(H2,13,14,18). The van der Waals surface area contributed by atoms with Crippen molar-refractivity contribution in [3.05, 3.63) is 29.3 Å². The van der Waals surface area contributed by atoms with Crippen molar-refractivity contribution in [3.8, 4) is 0 Å². The largest absolute Gasteiger partial charge is 0.478 e. The Morgan fingerprint density at radius 2 is 2.00 bits per heavy atom. The maximum atomic E-state index is 11.5. The molecule has 0 radical (unpaired) electrons. The first kappa shape index (κ1) is 14.5. The molecule has 19 heavy (non-hydrogen) atoms. The molecule has 0 aliphatic heterocycles. The van der Waals surface area contributed by atoms with Crippen molar-refractivity contribution in [1.82, 2.24) is 5.32 Å². The quantitative estimate of drug-likeness (QED) is 0.705. The van der Waals surface area contributed by atoms with Crippen LogP contribution >= 0.6 is 0 Å². The van der Waals surface area contributed by atoms with E-state index in [0.29, 0.717) is 11.3 Å². The average molecular weight is 266 g/mol. The second-order valence-electron chi connectivity index (χ2n) is 3.67. The van der Waals surface area contributed by atoms with Crippen molar-refractivity contribution >= 4 is 23.7 Å². The van der Waals surface area contributed by atoms with E-state index >= 15 is 0 Å². The minimum atomic E-state index is -1.07. The minimum Gasteiger partial charge on any atom is -0.478 e. The minimum absolute atomic E-state index is 0.103. The lowest BCUT2D eigenvalue weighted by molar-refractivity contribution is -0.139. The van der Waals surface area contributed by atoms with Crippen LogP contribution in [0, 0.1) is 6.92 Å². The Balaban J connectivity index is 2.72. The number of carbonyl (C=O) groups is 3. The molecule has 0 fully saturated rings. The molecule has 1 aromatic rings. The van der Waals surface area contributed by atoms with Crippen molar-refractivity contribution in [1.29, 1.82) is 0 Å². The molecule has 0 unspecified atom stereocenters. The molecule has 0 heterocycles. The topological polar surface area (TPSA) is 105 Å². The Bertz CT molecular complexity index is 513. The molecular formula is C12H14N2O5. The zero-order valence-electron chi connectivity index (χ0n) is 10.5. The maximum absolute atomic E-state index is 11.5. The smallest absolute Gasteiger partial charge is 0.336 e. The van der Waals surface area contributed by atoms with Gasteiger partial charge in [-0.15, -0.1) is 0 Å². The van der Waals surface area contributed by atoms with Gasteiger partial charge in [0, 0.05) is 5.69 Å². The highest BCUT2D eigenvalue weighted by atomic mass is 16.5. The molecule has 7 heteroatoms. The third-order valence-corrected chi connectivity index (χ3v) is 2.43. The van der Waals surface area contributed by atoms with E-state index in [-0.39, 0.29) is 12.1 Å². The highest BCUT2D eigenvalue weighted by Crippen LogP contribution is 2.18. The number of amides is 2. The van der Waals surface area contributed by atoms with Gasteiger partial charge in [0.1, 0.15) is 6.54 Å². The van der Waals surface area contributed by atoms with Crippen LogP contribution < -0.4 is 10.6 Å². The van der Waals surface area contributed by atoms with Crippen molar-refractivity contribution in [2.75, 3.05) is 19.0 Å². The second-order valence-corrected chi connectivity index (χ2v) is 3.67. The summed E-state index contributed by atoms with van der Waals surface area (Å²) in [6.07, 6.45) is 0. The van der Waals surface area contributed by atoms with Gasteiger partial charge >= 0.3 is 18.0 Å². The Labute approximate surface area is 109 Å². The summed E-state index contributed by atoms with van der Waals surface area (Å²) in [6, 6.07) is 3.91. The molecule has 2 amide bonds. The fourth-order valence-electron chi connectivity index (χ4n) is 1.39. The first-order chi connectivity index (χ1) is 8.95.